The molecule has 0 saturated heterocycles. The number of rotatable bonds is 4. The molecular formula is C29H23FO2. The summed E-state index contributed by atoms with van der Waals surface area (Å²) in [6, 6.07) is 29.9. The van der Waals surface area contributed by atoms with E-state index in [1.807, 2.05) is 60.7 Å². The van der Waals surface area contributed by atoms with E-state index >= 15 is 0 Å². The van der Waals surface area contributed by atoms with Gasteiger partial charge in [0.05, 0.1) is 7.11 Å². The van der Waals surface area contributed by atoms with Gasteiger partial charge in [0.1, 0.15) is 23.9 Å². The zero-order chi connectivity index (χ0) is 22.1. The third kappa shape index (κ3) is 3.67. The van der Waals surface area contributed by atoms with Crippen molar-refractivity contribution in [1.29, 1.82) is 0 Å². The van der Waals surface area contributed by atoms with E-state index in [2.05, 4.69) is 24.3 Å². The molecule has 0 aromatic heterocycles. The van der Waals surface area contributed by atoms with Gasteiger partial charge in [0.25, 0.3) is 0 Å². The highest BCUT2D eigenvalue weighted by Gasteiger charge is 2.24. The van der Waals surface area contributed by atoms with Crippen molar-refractivity contribution in [2.75, 3.05) is 13.7 Å². The van der Waals surface area contributed by atoms with Crippen LogP contribution in [-0.2, 0) is 0 Å². The summed E-state index contributed by atoms with van der Waals surface area (Å²) in [5.74, 6) is 1.45. The average molecular weight is 422 g/mol. The highest BCUT2D eigenvalue weighted by atomic mass is 19.1. The molecule has 0 spiro atoms. The van der Waals surface area contributed by atoms with Crippen LogP contribution in [0, 0.1) is 12.7 Å². The van der Waals surface area contributed by atoms with E-state index in [4.69, 9.17) is 9.47 Å². The van der Waals surface area contributed by atoms with E-state index in [-0.39, 0.29) is 5.82 Å². The predicted octanol–water partition coefficient (Wildman–Crippen LogP) is 7.16. The minimum absolute atomic E-state index is 0.206. The molecule has 0 amide bonds. The fraction of sp³-hybridized carbons (Fsp3) is 0.103. The Kier molecular flexibility index (Phi) is 5.24. The Morgan fingerprint density at radius 2 is 1.56 bits per heavy atom. The Labute approximate surface area is 187 Å². The summed E-state index contributed by atoms with van der Waals surface area (Å²) >= 11 is 0. The second kappa shape index (κ2) is 8.35. The lowest BCUT2D eigenvalue weighted by atomic mass is 9.88. The molecule has 5 rings (SSSR count). The molecule has 32 heavy (non-hydrogen) atoms. The number of hydrogen-bond acceptors (Lipinski definition) is 2. The van der Waals surface area contributed by atoms with Gasteiger partial charge in [0.15, 0.2) is 0 Å². The van der Waals surface area contributed by atoms with Crippen molar-refractivity contribution in [2.45, 2.75) is 6.92 Å². The van der Waals surface area contributed by atoms with E-state index in [0.717, 1.165) is 50.5 Å². The molecular weight excluding hydrogens is 399 g/mol. The third-order valence-corrected chi connectivity index (χ3v) is 5.91. The third-order valence-electron chi connectivity index (χ3n) is 5.91. The van der Waals surface area contributed by atoms with Crippen LogP contribution in [0.1, 0.15) is 22.3 Å². The maximum Gasteiger partial charge on any atom is 0.127 e. The molecule has 0 unspecified atom stereocenters. The fourth-order valence-corrected chi connectivity index (χ4v) is 4.21. The minimum atomic E-state index is -0.206. The molecule has 4 aromatic carbocycles. The molecule has 3 heteroatoms. The van der Waals surface area contributed by atoms with Crippen LogP contribution in [0.2, 0.25) is 0 Å². The number of ether oxygens (including phenoxy) is 2. The lowest BCUT2D eigenvalue weighted by Crippen LogP contribution is -1.98. The summed E-state index contributed by atoms with van der Waals surface area (Å²) in [6.07, 6.45) is 0. The zero-order valence-electron chi connectivity index (χ0n) is 18.1. The van der Waals surface area contributed by atoms with Crippen molar-refractivity contribution in [3.63, 3.8) is 0 Å². The predicted molar refractivity (Wildman–Crippen MR) is 127 cm³/mol. The molecule has 158 valence electrons. The second-order valence-corrected chi connectivity index (χ2v) is 7.91. The number of halogens is 1. The van der Waals surface area contributed by atoms with Gasteiger partial charge in [-0.25, -0.2) is 4.39 Å². The van der Waals surface area contributed by atoms with E-state index < -0.39 is 0 Å². The Bertz CT molecular complexity index is 1310. The Morgan fingerprint density at radius 3 is 2.28 bits per heavy atom. The first kappa shape index (κ1) is 20.1. The molecule has 1 aliphatic rings. The number of aryl methyl sites for hydroxylation is 1. The standard InChI is InChI=1S/C29H23FO2/c1-19-16-23(10-14-27(19)30)29(21-8-12-24(31-2)13-9-21)26-18-32-28-15-11-22(17-25(26)28)20-6-4-3-5-7-20/h3-17H,18H2,1-2H3/b29-26+. The van der Waals surface area contributed by atoms with Crippen molar-refractivity contribution < 1.29 is 13.9 Å². The molecule has 0 radical (unpaired) electrons. The van der Waals surface area contributed by atoms with Crippen molar-refractivity contribution in [2.24, 2.45) is 0 Å². The van der Waals surface area contributed by atoms with Crippen LogP contribution in [-0.4, -0.2) is 13.7 Å². The lowest BCUT2D eigenvalue weighted by Gasteiger charge is -2.15. The smallest absolute Gasteiger partial charge is 0.127 e. The summed E-state index contributed by atoms with van der Waals surface area (Å²) < 4.78 is 25.5. The number of benzene rings is 4. The fourth-order valence-electron chi connectivity index (χ4n) is 4.21. The summed E-state index contributed by atoms with van der Waals surface area (Å²) in [4.78, 5) is 0. The first-order valence-electron chi connectivity index (χ1n) is 10.6. The summed E-state index contributed by atoms with van der Waals surface area (Å²) in [5.41, 5.74) is 8.11. The highest BCUT2D eigenvalue weighted by molar-refractivity contribution is 6.02. The zero-order valence-corrected chi connectivity index (χ0v) is 18.1. The molecule has 0 saturated carbocycles. The van der Waals surface area contributed by atoms with Gasteiger partial charge in [0.2, 0.25) is 0 Å². The summed E-state index contributed by atoms with van der Waals surface area (Å²) in [5, 5.41) is 0. The van der Waals surface area contributed by atoms with Crippen LogP contribution in [0.5, 0.6) is 11.5 Å². The first-order valence-corrected chi connectivity index (χ1v) is 10.6. The van der Waals surface area contributed by atoms with Crippen molar-refractivity contribution >= 4 is 11.1 Å². The van der Waals surface area contributed by atoms with E-state index in [1.54, 1.807) is 14.0 Å². The molecule has 0 aliphatic carbocycles. The second-order valence-electron chi connectivity index (χ2n) is 7.91. The molecule has 0 fully saturated rings. The largest absolute Gasteiger partial charge is 0.497 e. The van der Waals surface area contributed by atoms with Crippen LogP contribution in [0.25, 0.3) is 22.3 Å². The van der Waals surface area contributed by atoms with E-state index in [0.29, 0.717) is 12.2 Å². The van der Waals surface area contributed by atoms with Gasteiger partial charge < -0.3 is 9.47 Å². The Balaban J connectivity index is 1.73. The molecule has 0 bridgehead atoms. The van der Waals surface area contributed by atoms with Crippen LogP contribution < -0.4 is 9.47 Å². The number of hydrogen-bond donors (Lipinski definition) is 0. The molecule has 0 N–H and O–H groups in total. The summed E-state index contributed by atoms with van der Waals surface area (Å²) in [7, 11) is 1.66. The maximum atomic E-state index is 14.1. The maximum absolute atomic E-state index is 14.1. The van der Waals surface area contributed by atoms with E-state index in [1.165, 1.54) is 6.07 Å². The molecule has 0 atom stereocenters. The van der Waals surface area contributed by atoms with Crippen LogP contribution in [0.4, 0.5) is 4.39 Å². The van der Waals surface area contributed by atoms with Crippen LogP contribution in [0.3, 0.4) is 0 Å². The SMILES string of the molecule is COc1ccc(/C(=C2/COc3ccc(-c4ccccc4)cc32)c2ccc(F)c(C)c2)cc1. The summed E-state index contributed by atoms with van der Waals surface area (Å²) in [6.45, 7) is 2.26. The Morgan fingerprint density at radius 1 is 0.812 bits per heavy atom. The van der Waals surface area contributed by atoms with Crippen molar-refractivity contribution in [3.05, 3.63) is 119 Å². The average Bonchev–Trinajstić information content (AvgIpc) is 3.25. The van der Waals surface area contributed by atoms with Crippen molar-refractivity contribution in [3.8, 4) is 22.6 Å². The highest BCUT2D eigenvalue weighted by Crippen LogP contribution is 2.42. The molecule has 4 aromatic rings. The topological polar surface area (TPSA) is 18.5 Å². The van der Waals surface area contributed by atoms with Crippen molar-refractivity contribution in [1.82, 2.24) is 0 Å². The lowest BCUT2D eigenvalue weighted by molar-refractivity contribution is 0.388. The van der Waals surface area contributed by atoms with Gasteiger partial charge in [-0.05, 0) is 76.7 Å². The molecule has 2 nitrogen and oxygen atoms in total. The van der Waals surface area contributed by atoms with Crippen LogP contribution in [0.15, 0.2) is 91.0 Å². The van der Waals surface area contributed by atoms with Crippen LogP contribution >= 0.6 is 0 Å². The van der Waals surface area contributed by atoms with Gasteiger partial charge in [-0.1, -0.05) is 54.6 Å². The monoisotopic (exact) mass is 422 g/mol. The quantitative estimate of drug-likeness (QED) is 0.347. The van der Waals surface area contributed by atoms with Gasteiger partial charge in [-0.3, -0.25) is 0 Å². The Hall–Kier alpha value is -3.85. The van der Waals surface area contributed by atoms with Gasteiger partial charge in [0, 0.05) is 11.1 Å². The van der Waals surface area contributed by atoms with Gasteiger partial charge >= 0.3 is 0 Å². The van der Waals surface area contributed by atoms with E-state index in [9.17, 15) is 4.39 Å². The molecule has 1 aliphatic heterocycles. The van der Waals surface area contributed by atoms with Gasteiger partial charge in [-0.2, -0.15) is 0 Å². The number of fused-ring (bicyclic) bond motifs is 1. The number of methoxy groups -OCH3 is 1. The first-order chi connectivity index (χ1) is 15.6. The molecule has 1 heterocycles. The normalized spacial score (nSPS) is 14.0. The minimum Gasteiger partial charge on any atom is -0.497 e. The van der Waals surface area contributed by atoms with Gasteiger partial charge in [-0.15, -0.1) is 0 Å².